The minimum absolute atomic E-state index is 0.0903. The van der Waals surface area contributed by atoms with Crippen molar-refractivity contribution in [1.29, 1.82) is 0 Å². The molecule has 2 aromatic carbocycles. The van der Waals surface area contributed by atoms with Crippen molar-refractivity contribution in [2.24, 2.45) is 0 Å². The lowest BCUT2D eigenvalue weighted by molar-refractivity contribution is -0.116. The number of unbranched alkanes of at least 4 members (excludes halogenated alkanes) is 1. The molecule has 1 aliphatic rings. The predicted molar refractivity (Wildman–Crippen MR) is 120 cm³/mol. The molecule has 0 radical (unpaired) electrons. The predicted octanol–water partition coefficient (Wildman–Crippen LogP) is 5.74. The van der Waals surface area contributed by atoms with Gasteiger partial charge in [0.2, 0.25) is 5.91 Å². The van der Waals surface area contributed by atoms with Crippen LogP contribution in [0.25, 0.3) is 11.1 Å². The van der Waals surface area contributed by atoms with Gasteiger partial charge in [-0.1, -0.05) is 36.8 Å². The smallest absolute Gasteiger partial charge is 0.224 e. The van der Waals surface area contributed by atoms with Crippen molar-refractivity contribution in [3.63, 3.8) is 0 Å². The summed E-state index contributed by atoms with van der Waals surface area (Å²) >= 11 is 0. The number of rotatable bonds is 9. The van der Waals surface area contributed by atoms with Crippen LogP contribution in [0.5, 0.6) is 5.75 Å². The van der Waals surface area contributed by atoms with Gasteiger partial charge < -0.3 is 15.0 Å². The quantitative estimate of drug-likeness (QED) is 0.552. The fourth-order valence-electron chi connectivity index (χ4n) is 3.85. The molecule has 4 nitrogen and oxygen atoms in total. The fourth-order valence-corrected chi connectivity index (χ4v) is 3.85. The summed E-state index contributed by atoms with van der Waals surface area (Å²) in [4.78, 5) is 14.9. The van der Waals surface area contributed by atoms with Crippen LogP contribution in [0.4, 0.5) is 5.69 Å². The zero-order valence-electron chi connectivity index (χ0n) is 17.8. The topological polar surface area (TPSA) is 41.6 Å². The van der Waals surface area contributed by atoms with Crippen molar-refractivity contribution >= 4 is 11.6 Å². The molecule has 1 aliphatic heterocycles. The molecule has 1 N–H and O–H groups in total. The van der Waals surface area contributed by atoms with E-state index in [1.165, 1.54) is 32.4 Å². The summed E-state index contributed by atoms with van der Waals surface area (Å²) in [7, 11) is 0. The van der Waals surface area contributed by atoms with Gasteiger partial charge >= 0.3 is 0 Å². The summed E-state index contributed by atoms with van der Waals surface area (Å²) in [6.07, 6.45) is 6.73. The zero-order valence-corrected chi connectivity index (χ0v) is 17.8. The number of nitrogens with one attached hydrogen (secondary N) is 1. The average Bonchev–Trinajstić information content (AvgIpc) is 2.72. The van der Waals surface area contributed by atoms with E-state index in [0.29, 0.717) is 6.42 Å². The SMILES string of the molecule is CC(C)Oc1ccccc1-c1cccc(NC(=O)CCCCN2CCCCC2)c1. The molecular weight excluding hydrogens is 360 g/mol. The normalized spacial score (nSPS) is 14.7. The second-order valence-electron chi connectivity index (χ2n) is 8.15. The van der Waals surface area contributed by atoms with Gasteiger partial charge in [-0.15, -0.1) is 0 Å². The molecule has 1 amide bonds. The van der Waals surface area contributed by atoms with Gasteiger partial charge in [-0.2, -0.15) is 0 Å². The lowest BCUT2D eigenvalue weighted by atomic mass is 10.0. The third-order valence-electron chi connectivity index (χ3n) is 5.28. The van der Waals surface area contributed by atoms with Crippen LogP contribution in [0.1, 0.15) is 52.4 Å². The molecule has 1 saturated heterocycles. The van der Waals surface area contributed by atoms with Crippen LogP contribution >= 0.6 is 0 Å². The third-order valence-corrected chi connectivity index (χ3v) is 5.28. The van der Waals surface area contributed by atoms with Gasteiger partial charge in [-0.25, -0.2) is 0 Å². The van der Waals surface area contributed by atoms with Crippen molar-refractivity contribution in [3.05, 3.63) is 48.5 Å². The first-order valence-corrected chi connectivity index (χ1v) is 11.0. The first-order chi connectivity index (χ1) is 14.1. The molecule has 3 rings (SSSR count). The second-order valence-corrected chi connectivity index (χ2v) is 8.15. The Bertz CT molecular complexity index is 782. The summed E-state index contributed by atoms with van der Waals surface area (Å²) < 4.78 is 5.94. The Morgan fingerprint density at radius 1 is 1.03 bits per heavy atom. The maximum absolute atomic E-state index is 12.4. The Kier molecular flexibility index (Phi) is 8.12. The Balaban J connectivity index is 1.52. The monoisotopic (exact) mass is 394 g/mol. The third kappa shape index (κ3) is 6.90. The van der Waals surface area contributed by atoms with Crippen molar-refractivity contribution < 1.29 is 9.53 Å². The van der Waals surface area contributed by atoms with Crippen molar-refractivity contribution in [3.8, 4) is 16.9 Å². The summed E-state index contributed by atoms with van der Waals surface area (Å²) in [6.45, 7) is 7.62. The van der Waals surface area contributed by atoms with Crippen LogP contribution in [-0.4, -0.2) is 36.5 Å². The Hall–Kier alpha value is -2.33. The molecule has 2 aromatic rings. The first kappa shape index (κ1) is 21.4. The molecule has 0 unspecified atom stereocenters. The molecule has 0 saturated carbocycles. The number of para-hydroxylation sites is 1. The molecule has 156 valence electrons. The molecular formula is C25H34N2O2. The van der Waals surface area contributed by atoms with E-state index in [1.807, 2.05) is 50.2 Å². The Labute approximate surface area is 175 Å². The maximum Gasteiger partial charge on any atom is 0.224 e. The number of nitrogens with zero attached hydrogens (tertiary/aromatic N) is 1. The van der Waals surface area contributed by atoms with E-state index in [2.05, 4.69) is 22.3 Å². The average molecular weight is 395 g/mol. The van der Waals surface area contributed by atoms with Crippen molar-refractivity contribution in [1.82, 2.24) is 4.90 Å². The summed E-state index contributed by atoms with van der Waals surface area (Å²) in [5.74, 6) is 0.955. The number of benzene rings is 2. The number of carbonyl (C=O) groups is 1. The van der Waals surface area contributed by atoms with Crippen LogP contribution in [0.3, 0.4) is 0 Å². The Morgan fingerprint density at radius 2 is 1.83 bits per heavy atom. The number of amides is 1. The van der Waals surface area contributed by atoms with E-state index >= 15 is 0 Å². The molecule has 1 heterocycles. The molecule has 0 spiro atoms. The molecule has 4 heteroatoms. The van der Waals surface area contributed by atoms with Crippen LogP contribution in [0.2, 0.25) is 0 Å². The van der Waals surface area contributed by atoms with Gasteiger partial charge in [0.05, 0.1) is 6.10 Å². The van der Waals surface area contributed by atoms with Crippen LogP contribution in [-0.2, 0) is 4.79 Å². The van der Waals surface area contributed by atoms with E-state index in [4.69, 9.17) is 4.74 Å². The van der Waals surface area contributed by atoms with Gasteiger partial charge in [0.15, 0.2) is 0 Å². The van der Waals surface area contributed by atoms with Crippen molar-refractivity contribution in [2.45, 2.75) is 58.5 Å². The largest absolute Gasteiger partial charge is 0.490 e. The van der Waals surface area contributed by atoms with Gasteiger partial charge in [0.1, 0.15) is 5.75 Å². The fraction of sp³-hybridized carbons (Fsp3) is 0.480. The number of anilines is 1. The number of carbonyl (C=O) groups excluding carboxylic acids is 1. The summed E-state index contributed by atoms with van der Waals surface area (Å²) in [5, 5.41) is 3.06. The van der Waals surface area contributed by atoms with Gasteiger partial charge in [-0.3, -0.25) is 4.79 Å². The minimum Gasteiger partial charge on any atom is -0.490 e. The highest BCUT2D eigenvalue weighted by atomic mass is 16.5. The van der Waals surface area contributed by atoms with Crippen molar-refractivity contribution in [2.75, 3.05) is 25.0 Å². The van der Waals surface area contributed by atoms with E-state index in [1.54, 1.807) is 0 Å². The number of hydrogen-bond donors (Lipinski definition) is 1. The highest BCUT2D eigenvalue weighted by molar-refractivity contribution is 5.91. The second kappa shape index (κ2) is 11.0. The van der Waals surface area contributed by atoms with Gasteiger partial charge in [0.25, 0.3) is 0 Å². The summed E-state index contributed by atoms with van der Waals surface area (Å²) in [6, 6.07) is 16.0. The van der Waals surface area contributed by atoms with Gasteiger partial charge in [-0.05, 0) is 82.9 Å². The van der Waals surface area contributed by atoms with Crippen LogP contribution in [0, 0.1) is 0 Å². The molecule has 0 aliphatic carbocycles. The highest BCUT2D eigenvalue weighted by Gasteiger charge is 2.11. The van der Waals surface area contributed by atoms with E-state index < -0.39 is 0 Å². The van der Waals surface area contributed by atoms with Crippen LogP contribution < -0.4 is 10.1 Å². The number of ether oxygens (including phenoxy) is 1. The van der Waals surface area contributed by atoms with E-state index in [0.717, 1.165) is 42.0 Å². The number of likely N-dealkylation sites (tertiary alicyclic amines) is 1. The van der Waals surface area contributed by atoms with E-state index in [-0.39, 0.29) is 12.0 Å². The highest BCUT2D eigenvalue weighted by Crippen LogP contribution is 2.32. The molecule has 1 fully saturated rings. The molecule has 0 aromatic heterocycles. The standard InChI is InChI=1S/C25H34N2O2/c1-20(2)29-24-14-5-4-13-23(24)21-11-10-12-22(19-21)26-25(28)15-6-9-18-27-16-7-3-8-17-27/h4-5,10-14,19-20H,3,6-9,15-18H2,1-2H3,(H,26,28). The molecule has 29 heavy (non-hydrogen) atoms. The maximum atomic E-state index is 12.4. The van der Waals surface area contributed by atoms with Crippen LogP contribution in [0.15, 0.2) is 48.5 Å². The first-order valence-electron chi connectivity index (χ1n) is 11.0. The Morgan fingerprint density at radius 3 is 2.62 bits per heavy atom. The summed E-state index contributed by atoms with van der Waals surface area (Å²) in [5.41, 5.74) is 2.92. The lowest BCUT2D eigenvalue weighted by Gasteiger charge is -2.26. The minimum atomic E-state index is 0.0903. The van der Waals surface area contributed by atoms with E-state index in [9.17, 15) is 4.79 Å². The lowest BCUT2D eigenvalue weighted by Crippen LogP contribution is -2.30. The molecule has 0 atom stereocenters. The zero-order chi connectivity index (χ0) is 20.5. The number of piperidine rings is 1. The molecule has 0 bridgehead atoms. The number of hydrogen-bond acceptors (Lipinski definition) is 3. The van der Waals surface area contributed by atoms with Gasteiger partial charge in [0, 0.05) is 17.7 Å².